The summed E-state index contributed by atoms with van der Waals surface area (Å²) in [7, 11) is 0. The van der Waals surface area contributed by atoms with Crippen LogP contribution in [0.15, 0.2) is 18.2 Å². The highest BCUT2D eigenvalue weighted by atomic mass is 35.5. The third kappa shape index (κ3) is 4.66. The summed E-state index contributed by atoms with van der Waals surface area (Å²) in [6, 6.07) is 4.36. The number of nitrogens with one attached hydrogen (secondary N) is 2. The molecule has 2 N–H and O–H groups in total. The van der Waals surface area contributed by atoms with Crippen LogP contribution in [0.1, 0.15) is 36.0 Å². The molecule has 7 heteroatoms. The van der Waals surface area contributed by atoms with Crippen molar-refractivity contribution < 1.29 is 9.59 Å². The predicted molar refractivity (Wildman–Crippen MR) is 99.1 cm³/mol. The molecule has 2 unspecified atom stereocenters. The molecule has 0 aromatic heterocycles. The van der Waals surface area contributed by atoms with Crippen LogP contribution in [0.3, 0.4) is 0 Å². The number of benzene rings is 1. The maximum Gasteiger partial charge on any atom is 0.254 e. The van der Waals surface area contributed by atoms with Gasteiger partial charge in [0.25, 0.3) is 5.91 Å². The van der Waals surface area contributed by atoms with Gasteiger partial charge in [-0.2, -0.15) is 0 Å². The molecule has 2 aliphatic rings. The maximum absolute atomic E-state index is 12.8. The van der Waals surface area contributed by atoms with E-state index in [4.69, 9.17) is 23.2 Å². The van der Waals surface area contributed by atoms with Gasteiger partial charge >= 0.3 is 0 Å². The molecule has 2 heterocycles. The molecule has 0 spiro atoms. The van der Waals surface area contributed by atoms with Crippen molar-refractivity contribution in [3.63, 3.8) is 0 Å². The lowest BCUT2D eigenvalue weighted by Gasteiger charge is -2.27. The van der Waals surface area contributed by atoms with Gasteiger partial charge in [0.2, 0.25) is 5.91 Å². The fraction of sp³-hybridized carbons (Fsp3) is 0.556. The Balaban J connectivity index is 1.62. The molecule has 1 aromatic rings. The molecule has 1 aromatic carbocycles. The van der Waals surface area contributed by atoms with E-state index in [0.717, 1.165) is 32.4 Å². The molecule has 25 heavy (non-hydrogen) atoms. The monoisotopic (exact) mass is 383 g/mol. The standard InChI is InChI=1S/C18H23Cl2N3O2/c19-14-7-13(8-15(20)9-14)18(25)23-6-2-4-16(23)17(24)22-11-12-3-1-5-21-10-12/h7-9,12,16,21H,1-6,10-11H2,(H,22,24). The lowest BCUT2D eigenvalue weighted by Crippen LogP contribution is -2.48. The van der Waals surface area contributed by atoms with Crippen molar-refractivity contribution >= 4 is 35.0 Å². The number of piperidine rings is 1. The number of amides is 2. The lowest BCUT2D eigenvalue weighted by molar-refractivity contribution is -0.125. The van der Waals surface area contributed by atoms with E-state index >= 15 is 0 Å². The topological polar surface area (TPSA) is 61.4 Å². The second-order valence-electron chi connectivity index (χ2n) is 6.77. The number of halogens is 2. The summed E-state index contributed by atoms with van der Waals surface area (Å²) >= 11 is 12.0. The van der Waals surface area contributed by atoms with E-state index in [-0.39, 0.29) is 11.8 Å². The van der Waals surface area contributed by atoms with Crippen LogP contribution in [-0.4, -0.2) is 48.9 Å². The quantitative estimate of drug-likeness (QED) is 0.839. The van der Waals surface area contributed by atoms with Crippen LogP contribution >= 0.6 is 23.2 Å². The van der Waals surface area contributed by atoms with Crippen molar-refractivity contribution in [2.45, 2.75) is 31.7 Å². The van der Waals surface area contributed by atoms with Gasteiger partial charge in [-0.15, -0.1) is 0 Å². The summed E-state index contributed by atoms with van der Waals surface area (Å²) in [4.78, 5) is 27.0. The van der Waals surface area contributed by atoms with Gasteiger partial charge in [0, 0.05) is 28.7 Å². The molecule has 0 radical (unpaired) electrons. The third-order valence-corrected chi connectivity index (χ3v) is 5.33. The molecule has 0 aliphatic carbocycles. The van der Waals surface area contributed by atoms with Crippen LogP contribution in [0, 0.1) is 5.92 Å². The van der Waals surface area contributed by atoms with Gasteiger partial charge in [-0.1, -0.05) is 23.2 Å². The van der Waals surface area contributed by atoms with E-state index in [9.17, 15) is 9.59 Å². The Morgan fingerprint density at radius 1 is 1.16 bits per heavy atom. The average molecular weight is 384 g/mol. The van der Waals surface area contributed by atoms with Crippen LogP contribution in [0.25, 0.3) is 0 Å². The summed E-state index contributed by atoms with van der Waals surface area (Å²) in [6.07, 6.45) is 3.78. The maximum atomic E-state index is 12.8. The van der Waals surface area contributed by atoms with E-state index in [1.165, 1.54) is 0 Å². The highest BCUT2D eigenvalue weighted by Gasteiger charge is 2.34. The van der Waals surface area contributed by atoms with E-state index in [1.54, 1.807) is 23.1 Å². The number of rotatable bonds is 4. The van der Waals surface area contributed by atoms with Gasteiger partial charge in [0.1, 0.15) is 6.04 Å². The summed E-state index contributed by atoms with van der Waals surface area (Å²) in [5, 5.41) is 7.21. The van der Waals surface area contributed by atoms with Gasteiger partial charge in [-0.25, -0.2) is 0 Å². The second-order valence-corrected chi connectivity index (χ2v) is 7.65. The molecule has 2 fully saturated rings. The second kappa shape index (κ2) is 8.39. The lowest BCUT2D eigenvalue weighted by atomic mass is 9.99. The van der Waals surface area contributed by atoms with Gasteiger partial charge in [0.05, 0.1) is 0 Å². The Labute approximate surface area is 158 Å². The Bertz CT molecular complexity index is 627. The molecule has 0 bridgehead atoms. The number of likely N-dealkylation sites (tertiary alicyclic amines) is 1. The van der Waals surface area contributed by atoms with Crippen molar-refractivity contribution in [3.8, 4) is 0 Å². The molecule has 3 rings (SSSR count). The van der Waals surface area contributed by atoms with E-state index in [0.29, 0.717) is 41.0 Å². The predicted octanol–water partition coefficient (Wildman–Crippen LogP) is 2.71. The Kier molecular flexibility index (Phi) is 6.20. The Hall–Kier alpha value is -1.30. The first-order valence-electron chi connectivity index (χ1n) is 8.80. The van der Waals surface area contributed by atoms with Crippen LogP contribution < -0.4 is 10.6 Å². The van der Waals surface area contributed by atoms with Crippen molar-refractivity contribution in [2.24, 2.45) is 5.92 Å². The SMILES string of the molecule is O=C(NCC1CCCNC1)C1CCCN1C(=O)c1cc(Cl)cc(Cl)c1. The third-order valence-electron chi connectivity index (χ3n) is 4.89. The molecule has 2 atom stereocenters. The van der Waals surface area contributed by atoms with E-state index in [1.807, 2.05) is 0 Å². The summed E-state index contributed by atoms with van der Waals surface area (Å²) in [5.74, 6) is 0.209. The number of carbonyl (C=O) groups excluding carboxylic acids is 2. The molecule has 2 aliphatic heterocycles. The Morgan fingerprint density at radius 3 is 2.60 bits per heavy atom. The largest absolute Gasteiger partial charge is 0.354 e. The highest BCUT2D eigenvalue weighted by Crippen LogP contribution is 2.24. The minimum atomic E-state index is -0.415. The van der Waals surface area contributed by atoms with Crippen molar-refractivity contribution in [2.75, 3.05) is 26.2 Å². The van der Waals surface area contributed by atoms with Crippen molar-refractivity contribution in [1.82, 2.24) is 15.5 Å². The first-order chi connectivity index (χ1) is 12.0. The molecular weight excluding hydrogens is 361 g/mol. The number of hydrogen-bond acceptors (Lipinski definition) is 3. The average Bonchev–Trinajstić information content (AvgIpc) is 3.09. The summed E-state index contributed by atoms with van der Waals surface area (Å²) in [6.45, 7) is 3.23. The smallest absolute Gasteiger partial charge is 0.254 e. The van der Waals surface area contributed by atoms with Crippen LogP contribution in [-0.2, 0) is 4.79 Å². The van der Waals surface area contributed by atoms with Crippen molar-refractivity contribution in [1.29, 1.82) is 0 Å². The summed E-state index contributed by atoms with van der Waals surface area (Å²) in [5.41, 5.74) is 0.425. The number of hydrogen-bond donors (Lipinski definition) is 2. The number of carbonyl (C=O) groups is 2. The van der Waals surface area contributed by atoms with Gasteiger partial charge < -0.3 is 15.5 Å². The fourth-order valence-corrected chi connectivity index (χ4v) is 4.11. The van der Waals surface area contributed by atoms with Gasteiger partial charge in [0.15, 0.2) is 0 Å². The van der Waals surface area contributed by atoms with Crippen molar-refractivity contribution in [3.05, 3.63) is 33.8 Å². The van der Waals surface area contributed by atoms with E-state index in [2.05, 4.69) is 10.6 Å². The zero-order valence-corrected chi connectivity index (χ0v) is 15.6. The number of nitrogens with zero attached hydrogens (tertiary/aromatic N) is 1. The first-order valence-corrected chi connectivity index (χ1v) is 9.55. The molecule has 2 saturated heterocycles. The molecule has 2 amide bonds. The molecular formula is C18H23Cl2N3O2. The van der Waals surface area contributed by atoms with Gasteiger partial charge in [-0.05, 0) is 62.9 Å². The zero-order valence-electron chi connectivity index (χ0n) is 14.1. The molecule has 5 nitrogen and oxygen atoms in total. The fourth-order valence-electron chi connectivity index (χ4n) is 3.59. The van der Waals surface area contributed by atoms with Crippen LogP contribution in [0.2, 0.25) is 10.0 Å². The van der Waals surface area contributed by atoms with E-state index < -0.39 is 6.04 Å². The van der Waals surface area contributed by atoms with Gasteiger partial charge in [-0.3, -0.25) is 9.59 Å². The molecule has 0 saturated carbocycles. The summed E-state index contributed by atoms with van der Waals surface area (Å²) < 4.78 is 0. The molecule has 136 valence electrons. The zero-order chi connectivity index (χ0) is 17.8. The van der Waals surface area contributed by atoms with Crippen LogP contribution in [0.5, 0.6) is 0 Å². The minimum Gasteiger partial charge on any atom is -0.354 e. The van der Waals surface area contributed by atoms with Crippen LogP contribution in [0.4, 0.5) is 0 Å². The first kappa shape index (κ1) is 18.5. The highest BCUT2D eigenvalue weighted by molar-refractivity contribution is 6.35. The minimum absolute atomic E-state index is 0.0652. The normalized spacial score (nSPS) is 23.5. The Morgan fingerprint density at radius 2 is 1.92 bits per heavy atom.